The van der Waals surface area contributed by atoms with Crippen LogP contribution >= 0.6 is 0 Å². The van der Waals surface area contributed by atoms with E-state index in [1.165, 1.54) is 5.56 Å². The standard InChI is InChI=1S/C24H29N7/c1-18(15-21-7-6-19-5-2-3-9-26-23(19)28-21)30-11-4-12-31(14-13-30)24-27-16-20-8-10-25-17-22(20)29-24/h6-7,9,16,18,25H,4-5,8,10-15,17H2,1H3. The minimum Gasteiger partial charge on any atom is -0.339 e. The number of aliphatic imine (C=N–C) groups is 1. The van der Waals surface area contributed by atoms with Gasteiger partial charge in [-0.25, -0.2) is 19.9 Å². The van der Waals surface area contributed by atoms with Gasteiger partial charge in [0.1, 0.15) is 0 Å². The molecule has 1 unspecified atom stereocenters. The zero-order chi connectivity index (χ0) is 21.0. The Labute approximate surface area is 184 Å². The van der Waals surface area contributed by atoms with Crippen LogP contribution in [-0.4, -0.2) is 64.8 Å². The molecule has 1 N–H and O–H groups in total. The van der Waals surface area contributed by atoms with E-state index < -0.39 is 0 Å². The van der Waals surface area contributed by atoms with Crippen LogP contribution in [0.25, 0.3) is 0 Å². The lowest BCUT2D eigenvalue weighted by atomic mass is 10.1. The molecule has 7 heteroatoms. The molecule has 3 aliphatic rings. The molecule has 0 amide bonds. The molecule has 0 aromatic carbocycles. The highest BCUT2D eigenvalue weighted by molar-refractivity contribution is 5.81. The fraction of sp³-hybridized carbons (Fsp3) is 0.500. The predicted octanol–water partition coefficient (Wildman–Crippen LogP) is 1.92. The predicted molar refractivity (Wildman–Crippen MR) is 123 cm³/mol. The third-order valence-electron chi connectivity index (χ3n) is 6.39. The van der Waals surface area contributed by atoms with E-state index in [0.717, 1.165) is 93.7 Å². The first kappa shape index (κ1) is 20.1. The summed E-state index contributed by atoms with van der Waals surface area (Å²) in [6, 6.07) is 4.69. The first-order valence-corrected chi connectivity index (χ1v) is 11.3. The quantitative estimate of drug-likeness (QED) is 0.770. The number of rotatable bonds is 4. The molecule has 3 aliphatic heterocycles. The van der Waals surface area contributed by atoms with Crippen molar-refractivity contribution in [1.82, 2.24) is 25.2 Å². The Morgan fingerprint density at radius 2 is 2.10 bits per heavy atom. The highest BCUT2D eigenvalue weighted by atomic mass is 15.3. The summed E-state index contributed by atoms with van der Waals surface area (Å²) in [4.78, 5) is 23.7. The summed E-state index contributed by atoms with van der Waals surface area (Å²) >= 11 is 0. The fourth-order valence-corrected chi connectivity index (χ4v) is 4.55. The maximum Gasteiger partial charge on any atom is 0.225 e. The number of anilines is 1. The third-order valence-corrected chi connectivity index (χ3v) is 6.39. The van der Waals surface area contributed by atoms with Crippen LogP contribution in [0, 0.1) is 11.8 Å². The molecule has 160 valence electrons. The van der Waals surface area contributed by atoms with Crippen LogP contribution < -0.4 is 10.2 Å². The SMILES string of the molecule is CC(Cc1ccc2c(n1)N=CC#CC2)N1CCCN(c2ncc3c(n2)CNCC3)CC1. The normalized spacial score (nSPS) is 19.5. The summed E-state index contributed by atoms with van der Waals surface area (Å²) in [7, 11) is 0. The Morgan fingerprint density at radius 3 is 3.06 bits per heavy atom. The summed E-state index contributed by atoms with van der Waals surface area (Å²) in [5.41, 5.74) is 4.66. The van der Waals surface area contributed by atoms with E-state index in [2.05, 4.69) is 56.0 Å². The number of nitrogens with one attached hydrogen (secondary N) is 1. The molecule has 1 saturated heterocycles. The Hall–Kier alpha value is -2.82. The molecular formula is C24H29N7. The molecule has 0 aliphatic carbocycles. The molecule has 0 spiro atoms. The van der Waals surface area contributed by atoms with E-state index in [1.807, 2.05) is 6.20 Å². The lowest BCUT2D eigenvalue weighted by molar-refractivity contribution is 0.221. The fourth-order valence-electron chi connectivity index (χ4n) is 4.55. The van der Waals surface area contributed by atoms with Gasteiger partial charge in [0.05, 0.1) is 11.9 Å². The molecule has 2 aromatic rings. The molecule has 7 nitrogen and oxygen atoms in total. The smallest absolute Gasteiger partial charge is 0.225 e. The monoisotopic (exact) mass is 415 g/mol. The second-order valence-electron chi connectivity index (χ2n) is 8.54. The summed E-state index contributed by atoms with van der Waals surface area (Å²) in [5, 5.41) is 3.41. The zero-order valence-electron chi connectivity index (χ0n) is 18.1. The van der Waals surface area contributed by atoms with Crippen LogP contribution in [-0.2, 0) is 25.8 Å². The summed E-state index contributed by atoms with van der Waals surface area (Å²) in [5.74, 6) is 7.72. The van der Waals surface area contributed by atoms with Gasteiger partial charge in [-0.05, 0) is 37.9 Å². The number of aromatic nitrogens is 3. The van der Waals surface area contributed by atoms with Gasteiger partial charge in [0.2, 0.25) is 5.95 Å². The van der Waals surface area contributed by atoms with Crippen molar-refractivity contribution in [3.8, 4) is 11.8 Å². The van der Waals surface area contributed by atoms with Crippen molar-refractivity contribution >= 4 is 18.0 Å². The highest BCUT2D eigenvalue weighted by Crippen LogP contribution is 2.21. The molecular weight excluding hydrogens is 386 g/mol. The van der Waals surface area contributed by atoms with E-state index in [9.17, 15) is 0 Å². The van der Waals surface area contributed by atoms with Gasteiger partial charge in [0, 0.05) is 69.1 Å². The van der Waals surface area contributed by atoms with Crippen molar-refractivity contribution in [2.24, 2.45) is 4.99 Å². The van der Waals surface area contributed by atoms with Crippen molar-refractivity contribution in [3.05, 3.63) is 40.8 Å². The number of nitrogens with zero attached hydrogens (tertiary/aromatic N) is 6. The van der Waals surface area contributed by atoms with Crippen molar-refractivity contribution in [2.45, 2.75) is 45.2 Å². The number of fused-ring (bicyclic) bond motifs is 2. The molecule has 1 atom stereocenters. The molecule has 0 bridgehead atoms. The number of pyridine rings is 1. The molecule has 2 aromatic heterocycles. The topological polar surface area (TPSA) is 69.5 Å². The molecule has 5 heterocycles. The maximum absolute atomic E-state index is 4.87. The van der Waals surface area contributed by atoms with Gasteiger partial charge in [-0.1, -0.05) is 17.9 Å². The van der Waals surface area contributed by atoms with Gasteiger partial charge in [0.15, 0.2) is 5.82 Å². The lowest BCUT2D eigenvalue weighted by Crippen LogP contribution is -2.38. The van der Waals surface area contributed by atoms with Gasteiger partial charge < -0.3 is 10.2 Å². The average Bonchev–Trinajstić information content (AvgIpc) is 3.19. The molecule has 5 rings (SSSR count). The highest BCUT2D eigenvalue weighted by Gasteiger charge is 2.22. The van der Waals surface area contributed by atoms with Crippen LogP contribution in [0.15, 0.2) is 23.3 Å². The van der Waals surface area contributed by atoms with Gasteiger partial charge in [-0.2, -0.15) is 0 Å². The minimum atomic E-state index is 0.421. The van der Waals surface area contributed by atoms with Crippen LogP contribution in [0.5, 0.6) is 0 Å². The molecule has 0 radical (unpaired) electrons. The van der Waals surface area contributed by atoms with Gasteiger partial charge in [0.25, 0.3) is 0 Å². The molecule has 1 fully saturated rings. The second kappa shape index (κ2) is 9.13. The number of hydrogen-bond donors (Lipinski definition) is 1. The first-order chi connectivity index (χ1) is 15.3. The van der Waals surface area contributed by atoms with Crippen molar-refractivity contribution in [2.75, 3.05) is 37.6 Å². The van der Waals surface area contributed by atoms with Gasteiger partial charge >= 0.3 is 0 Å². The zero-order valence-corrected chi connectivity index (χ0v) is 18.1. The third kappa shape index (κ3) is 4.60. The largest absolute Gasteiger partial charge is 0.339 e. The van der Waals surface area contributed by atoms with Crippen LogP contribution in [0.4, 0.5) is 11.8 Å². The van der Waals surface area contributed by atoms with Crippen molar-refractivity contribution in [3.63, 3.8) is 0 Å². The van der Waals surface area contributed by atoms with Gasteiger partial charge in [-0.15, -0.1) is 0 Å². The van der Waals surface area contributed by atoms with Crippen molar-refractivity contribution < 1.29 is 0 Å². The van der Waals surface area contributed by atoms with E-state index in [1.54, 1.807) is 6.21 Å². The maximum atomic E-state index is 4.87. The lowest BCUT2D eigenvalue weighted by Gasteiger charge is -2.28. The first-order valence-electron chi connectivity index (χ1n) is 11.3. The van der Waals surface area contributed by atoms with E-state index >= 15 is 0 Å². The Bertz CT molecular complexity index is 1040. The summed E-state index contributed by atoms with van der Waals surface area (Å²) in [6.45, 7) is 8.22. The second-order valence-corrected chi connectivity index (χ2v) is 8.54. The Morgan fingerprint density at radius 1 is 1.13 bits per heavy atom. The Balaban J connectivity index is 1.22. The molecule has 0 saturated carbocycles. The number of hydrogen-bond acceptors (Lipinski definition) is 7. The summed E-state index contributed by atoms with van der Waals surface area (Å²) in [6.07, 6.45) is 7.47. The summed E-state index contributed by atoms with van der Waals surface area (Å²) < 4.78 is 0. The van der Waals surface area contributed by atoms with E-state index in [-0.39, 0.29) is 0 Å². The minimum absolute atomic E-state index is 0.421. The van der Waals surface area contributed by atoms with E-state index in [4.69, 9.17) is 9.97 Å². The van der Waals surface area contributed by atoms with E-state index in [0.29, 0.717) is 6.04 Å². The Kier molecular flexibility index (Phi) is 5.92. The van der Waals surface area contributed by atoms with Crippen LogP contribution in [0.2, 0.25) is 0 Å². The van der Waals surface area contributed by atoms with Gasteiger partial charge in [-0.3, -0.25) is 4.90 Å². The van der Waals surface area contributed by atoms with Crippen molar-refractivity contribution in [1.29, 1.82) is 0 Å². The van der Waals surface area contributed by atoms with Crippen LogP contribution in [0.1, 0.15) is 35.9 Å². The van der Waals surface area contributed by atoms with Crippen LogP contribution in [0.3, 0.4) is 0 Å². The average molecular weight is 416 g/mol. The molecule has 31 heavy (non-hydrogen) atoms.